The second-order valence-corrected chi connectivity index (χ2v) is 8.47. The molecule has 3 heteroatoms. The Labute approximate surface area is 156 Å². The third-order valence-electron chi connectivity index (χ3n) is 6.64. The van der Waals surface area contributed by atoms with Gasteiger partial charge in [0.05, 0.1) is 5.92 Å². The fourth-order valence-electron chi connectivity index (χ4n) is 5.02. The Morgan fingerprint density at radius 2 is 2.08 bits per heavy atom. The highest BCUT2D eigenvalue weighted by Crippen LogP contribution is 2.52. The summed E-state index contributed by atoms with van der Waals surface area (Å²) in [6, 6.07) is 10.6. The molecular weight excluding hydrogens is 322 g/mol. The maximum atomic E-state index is 12.6. The first-order chi connectivity index (χ1) is 12.5. The molecule has 2 aliphatic carbocycles. The average molecular weight is 351 g/mol. The van der Waals surface area contributed by atoms with Crippen LogP contribution in [0.15, 0.2) is 53.6 Å². The highest BCUT2D eigenvalue weighted by Gasteiger charge is 2.50. The molecule has 1 heterocycles. The van der Waals surface area contributed by atoms with Crippen LogP contribution in [0.5, 0.6) is 0 Å². The second kappa shape index (κ2) is 6.70. The molecule has 4 rings (SSSR count). The van der Waals surface area contributed by atoms with Gasteiger partial charge in [0.15, 0.2) is 0 Å². The van der Waals surface area contributed by atoms with E-state index in [0.717, 1.165) is 19.3 Å². The number of esters is 1. The molecule has 3 aliphatic rings. The van der Waals surface area contributed by atoms with Crippen LogP contribution in [0.1, 0.15) is 51.6 Å². The van der Waals surface area contributed by atoms with Gasteiger partial charge in [0.1, 0.15) is 6.10 Å². The molecule has 1 aliphatic heterocycles. The topological polar surface area (TPSA) is 38.3 Å². The van der Waals surface area contributed by atoms with Crippen molar-refractivity contribution in [3.8, 4) is 0 Å². The number of rotatable bonds is 4. The number of hydrogen-bond acceptors (Lipinski definition) is 3. The van der Waals surface area contributed by atoms with Gasteiger partial charge in [0.25, 0.3) is 0 Å². The van der Waals surface area contributed by atoms with Crippen molar-refractivity contribution in [2.75, 3.05) is 6.54 Å². The van der Waals surface area contributed by atoms with Gasteiger partial charge in [0.2, 0.25) is 0 Å². The molecule has 3 nitrogen and oxygen atoms in total. The van der Waals surface area contributed by atoms with E-state index < -0.39 is 0 Å². The van der Waals surface area contributed by atoms with Crippen LogP contribution in [0.3, 0.4) is 0 Å². The van der Waals surface area contributed by atoms with Crippen molar-refractivity contribution in [3.05, 3.63) is 59.2 Å². The predicted octanol–water partition coefficient (Wildman–Crippen LogP) is 4.57. The second-order valence-electron chi connectivity index (χ2n) is 8.47. The summed E-state index contributed by atoms with van der Waals surface area (Å²) in [7, 11) is 0. The quantitative estimate of drug-likeness (QED) is 0.808. The minimum Gasteiger partial charge on any atom is -0.461 e. The standard InChI is InChI=1S/C23H29NO2/c1-15-8-7-11-23(3)13-21-18(12-20(15)23)19(22(25)26-21)14-24-16(2)17-9-5-4-6-10-17/h4-6,8-10,12,16,18-19,21,24H,7,11,13-14H2,1-3H3/t16-,18-,19-,21+,23-/m0/s1. The molecule has 5 atom stereocenters. The van der Waals surface area contributed by atoms with Crippen molar-refractivity contribution >= 4 is 5.97 Å². The van der Waals surface area contributed by atoms with Gasteiger partial charge < -0.3 is 10.1 Å². The van der Waals surface area contributed by atoms with E-state index in [-0.39, 0.29) is 35.4 Å². The zero-order chi connectivity index (χ0) is 18.3. The molecular formula is C23H29NO2. The summed E-state index contributed by atoms with van der Waals surface area (Å²) in [5.74, 6) is 0.0777. The zero-order valence-electron chi connectivity index (χ0n) is 16.0. The molecule has 0 spiro atoms. The summed E-state index contributed by atoms with van der Waals surface area (Å²) in [4.78, 5) is 12.6. The largest absolute Gasteiger partial charge is 0.461 e. The Morgan fingerprint density at radius 3 is 2.85 bits per heavy atom. The van der Waals surface area contributed by atoms with E-state index in [1.54, 1.807) is 0 Å². The highest BCUT2D eigenvalue weighted by molar-refractivity contribution is 5.76. The van der Waals surface area contributed by atoms with Crippen LogP contribution in [-0.4, -0.2) is 18.6 Å². The lowest BCUT2D eigenvalue weighted by molar-refractivity contribution is -0.145. The lowest BCUT2D eigenvalue weighted by Gasteiger charge is -2.42. The molecule has 0 radical (unpaired) electrons. The maximum Gasteiger partial charge on any atom is 0.311 e. The smallest absolute Gasteiger partial charge is 0.311 e. The summed E-state index contributed by atoms with van der Waals surface area (Å²) < 4.78 is 5.82. The van der Waals surface area contributed by atoms with Gasteiger partial charge >= 0.3 is 5.97 Å². The van der Waals surface area contributed by atoms with Gasteiger partial charge in [-0.05, 0) is 49.7 Å². The van der Waals surface area contributed by atoms with E-state index >= 15 is 0 Å². The molecule has 0 aromatic heterocycles. The Kier molecular flexibility index (Phi) is 4.52. The molecule has 1 aromatic carbocycles. The van der Waals surface area contributed by atoms with E-state index in [1.165, 1.54) is 16.7 Å². The average Bonchev–Trinajstić information content (AvgIpc) is 2.92. The van der Waals surface area contributed by atoms with Gasteiger partial charge in [-0.1, -0.05) is 55.0 Å². The fourth-order valence-corrected chi connectivity index (χ4v) is 5.02. The Hall–Kier alpha value is -1.87. The van der Waals surface area contributed by atoms with Crippen LogP contribution >= 0.6 is 0 Å². The van der Waals surface area contributed by atoms with Crippen molar-refractivity contribution in [1.29, 1.82) is 0 Å². The number of carbonyl (C=O) groups is 1. The lowest BCUT2D eigenvalue weighted by atomic mass is 9.62. The molecule has 0 unspecified atom stereocenters. The molecule has 0 bridgehead atoms. The van der Waals surface area contributed by atoms with Crippen molar-refractivity contribution < 1.29 is 9.53 Å². The first kappa shape index (κ1) is 17.5. The molecule has 1 saturated heterocycles. The van der Waals surface area contributed by atoms with Gasteiger partial charge in [-0.2, -0.15) is 0 Å². The lowest BCUT2D eigenvalue weighted by Crippen LogP contribution is -2.38. The van der Waals surface area contributed by atoms with E-state index in [1.807, 2.05) is 6.07 Å². The van der Waals surface area contributed by atoms with Gasteiger partial charge in [0, 0.05) is 18.5 Å². The number of ether oxygens (including phenoxy) is 1. The number of hydrogen-bond donors (Lipinski definition) is 1. The zero-order valence-corrected chi connectivity index (χ0v) is 16.0. The Bertz CT molecular complexity index is 751. The van der Waals surface area contributed by atoms with Gasteiger partial charge in [-0.3, -0.25) is 4.79 Å². The molecule has 0 amide bonds. The van der Waals surface area contributed by atoms with E-state index in [4.69, 9.17) is 4.74 Å². The fraction of sp³-hybridized carbons (Fsp3) is 0.522. The van der Waals surface area contributed by atoms with Gasteiger partial charge in [-0.25, -0.2) is 0 Å². The summed E-state index contributed by atoms with van der Waals surface area (Å²) in [5.41, 5.74) is 4.25. The van der Waals surface area contributed by atoms with Crippen LogP contribution in [0.2, 0.25) is 0 Å². The minimum absolute atomic E-state index is 0.0338. The molecule has 1 aromatic rings. The third kappa shape index (κ3) is 3.03. The molecule has 0 saturated carbocycles. The third-order valence-corrected chi connectivity index (χ3v) is 6.64. The monoisotopic (exact) mass is 351 g/mol. The van der Waals surface area contributed by atoms with Crippen molar-refractivity contribution in [2.24, 2.45) is 17.3 Å². The van der Waals surface area contributed by atoms with Crippen LogP contribution in [0.25, 0.3) is 0 Å². The van der Waals surface area contributed by atoms with Gasteiger partial charge in [-0.15, -0.1) is 0 Å². The summed E-state index contributed by atoms with van der Waals surface area (Å²) in [6.07, 6.45) is 8.00. The first-order valence-electron chi connectivity index (χ1n) is 9.86. The normalized spacial score (nSPS) is 34.3. The number of benzene rings is 1. The van der Waals surface area contributed by atoms with Crippen LogP contribution in [0, 0.1) is 17.3 Å². The number of fused-ring (bicyclic) bond motifs is 2. The Morgan fingerprint density at radius 1 is 1.31 bits per heavy atom. The van der Waals surface area contributed by atoms with Crippen LogP contribution in [-0.2, 0) is 9.53 Å². The first-order valence-corrected chi connectivity index (χ1v) is 9.86. The van der Waals surface area contributed by atoms with Crippen molar-refractivity contribution in [1.82, 2.24) is 5.32 Å². The molecule has 26 heavy (non-hydrogen) atoms. The van der Waals surface area contributed by atoms with Crippen LogP contribution in [0.4, 0.5) is 0 Å². The van der Waals surface area contributed by atoms with E-state index in [2.05, 4.69) is 62.5 Å². The van der Waals surface area contributed by atoms with E-state index in [9.17, 15) is 4.79 Å². The predicted molar refractivity (Wildman–Crippen MR) is 104 cm³/mol. The summed E-state index contributed by atoms with van der Waals surface area (Å²) in [5, 5.41) is 3.55. The molecule has 1 N–H and O–H groups in total. The SMILES string of the molecule is CC1=CCC[C@@]2(C)C[C@H]3OC(=O)[C@@H](CN[C@@H](C)c4ccccc4)[C@@H]3C=C12. The number of allylic oxidation sites excluding steroid dienone is 3. The summed E-state index contributed by atoms with van der Waals surface area (Å²) >= 11 is 0. The van der Waals surface area contributed by atoms with E-state index in [0.29, 0.717) is 6.54 Å². The van der Waals surface area contributed by atoms with Crippen LogP contribution < -0.4 is 5.32 Å². The Balaban J connectivity index is 1.52. The van der Waals surface area contributed by atoms with Crippen molar-refractivity contribution in [3.63, 3.8) is 0 Å². The number of nitrogens with one attached hydrogen (secondary N) is 1. The van der Waals surface area contributed by atoms with Crippen molar-refractivity contribution in [2.45, 2.75) is 52.2 Å². The minimum atomic E-state index is -0.0852. The summed E-state index contributed by atoms with van der Waals surface area (Å²) in [6.45, 7) is 7.37. The molecule has 1 fully saturated rings. The highest BCUT2D eigenvalue weighted by atomic mass is 16.6. The number of carbonyl (C=O) groups excluding carboxylic acids is 1. The molecule has 138 valence electrons. The maximum absolute atomic E-state index is 12.6.